The van der Waals surface area contributed by atoms with E-state index >= 15 is 0 Å². The Morgan fingerprint density at radius 3 is 2.52 bits per heavy atom. The summed E-state index contributed by atoms with van der Waals surface area (Å²) in [6.07, 6.45) is 1.79. The molecule has 0 unspecified atom stereocenters. The van der Waals surface area contributed by atoms with Gasteiger partial charge in [0.1, 0.15) is 11.8 Å². The van der Waals surface area contributed by atoms with Gasteiger partial charge >= 0.3 is 5.97 Å². The molecule has 0 saturated carbocycles. The molecule has 0 aliphatic carbocycles. The molecule has 0 radical (unpaired) electrons. The molecule has 2 heterocycles. The van der Waals surface area contributed by atoms with Crippen molar-refractivity contribution in [2.24, 2.45) is 0 Å². The van der Waals surface area contributed by atoms with Crippen molar-refractivity contribution < 1.29 is 9.53 Å². The molecule has 3 rings (SSSR count). The van der Waals surface area contributed by atoms with Crippen LogP contribution in [0.5, 0.6) is 0 Å². The van der Waals surface area contributed by atoms with Crippen molar-refractivity contribution in [3.63, 3.8) is 0 Å². The van der Waals surface area contributed by atoms with Crippen LogP contribution in [0.3, 0.4) is 0 Å². The van der Waals surface area contributed by atoms with Crippen LogP contribution in [-0.2, 0) is 4.74 Å². The quantitative estimate of drug-likeness (QED) is 0.683. The average Bonchev–Trinajstić information content (AvgIpc) is 2.96. The van der Waals surface area contributed by atoms with Crippen LogP contribution in [0, 0.1) is 11.3 Å². The van der Waals surface area contributed by atoms with Gasteiger partial charge in [-0.25, -0.2) is 4.79 Å². The molecule has 1 aromatic carbocycles. The smallest absolute Gasteiger partial charge is 0.341 e. The number of carbonyl (C=O) groups is 1. The number of pyridine rings is 1. The first-order chi connectivity index (χ1) is 12.1. The number of aromatic nitrogens is 1. The molecule has 3 aromatic rings. The molecule has 0 spiro atoms. The molecule has 0 aliphatic rings. The Balaban J connectivity index is 2.30. The SMILES string of the molecule is CCOC(=O)c1c(-c2ccc(N(C)C)cc2)c(C#N)n2ccccc12. The van der Waals surface area contributed by atoms with E-state index in [1.165, 1.54) is 0 Å². The third-order valence-corrected chi connectivity index (χ3v) is 4.10. The minimum Gasteiger partial charge on any atom is -0.462 e. The van der Waals surface area contributed by atoms with Crippen molar-refractivity contribution >= 4 is 17.2 Å². The molecule has 2 aromatic heterocycles. The number of carbonyl (C=O) groups excluding carboxylic acids is 1. The van der Waals surface area contributed by atoms with E-state index in [1.807, 2.05) is 61.5 Å². The Hall–Kier alpha value is -3.26. The molecule has 0 bridgehead atoms. The van der Waals surface area contributed by atoms with E-state index in [-0.39, 0.29) is 6.61 Å². The highest BCUT2D eigenvalue weighted by molar-refractivity contribution is 6.06. The largest absolute Gasteiger partial charge is 0.462 e. The molecule has 0 atom stereocenters. The predicted molar refractivity (Wildman–Crippen MR) is 97.8 cm³/mol. The second kappa shape index (κ2) is 6.70. The summed E-state index contributed by atoms with van der Waals surface area (Å²) in [6.45, 7) is 2.05. The second-order valence-electron chi connectivity index (χ2n) is 5.83. The molecular formula is C20H19N3O2. The number of hydrogen-bond acceptors (Lipinski definition) is 4. The Kier molecular flexibility index (Phi) is 4.44. The summed E-state index contributed by atoms with van der Waals surface area (Å²) < 4.78 is 6.99. The summed E-state index contributed by atoms with van der Waals surface area (Å²) in [6, 6.07) is 15.5. The number of fused-ring (bicyclic) bond motifs is 1. The highest BCUT2D eigenvalue weighted by Crippen LogP contribution is 2.34. The summed E-state index contributed by atoms with van der Waals surface area (Å²) in [4.78, 5) is 14.6. The maximum absolute atomic E-state index is 12.6. The first kappa shape index (κ1) is 16.6. The van der Waals surface area contributed by atoms with Crippen molar-refractivity contribution in [2.45, 2.75) is 6.92 Å². The first-order valence-corrected chi connectivity index (χ1v) is 8.06. The lowest BCUT2D eigenvalue weighted by Crippen LogP contribution is -2.08. The van der Waals surface area contributed by atoms with Gasteiger partial charge in [-0.15, -0.1) is 0 Å². The lowest BCUT2D eigenvalue weighted by atomic mass is 10.0. The Morgan fingerprint density at radius 1 is 1.20 bits per heavy atom. The maximum atomic E-state index is 12.6. The molecule has 0 amide bonds. The third-order valence-electron chi connectivity index (χ3n) is 4.10. The predicted octanol–water partition coefficient (Wildman–Crippen LogP) is 3.72. The number of anilines is 1. The van der Waals surface area contributed by atoms with E-state index in [4.69, 9.17) is 4.74 Å². The van der Waals surface area contributed by atoms with Crippen molar-refractivity contribution in [1.82, 2.24) is 4.40 Å². The van der Waals surface area contributed by atoms with Crippen LogP contribution in [-0.4, -0.2) is 31.1 Å². The van der Waals surface area contributed by atoms with Crippen LogP contribution in [0.1, 0.15) is 23.0 Å². The van der Waals surface area contributed by atoms with Crippen LogP contribution in [0.2, 0.25) is 0 Å². The molecule has 25 heavy (non-hydrogen) atoms. The van der Waals surface area contributed by atoms with Gasteiger partial charge in [0.05, 0.1) is 17.7 Å². The van der Waals surface area contributed by atoms with Crippen LogP contribution < -0.4 is 4.90 Å². The van der Waals surface area contributed by atoms with Crippen molar-refractivity contribution in [2.75, 3.05) is 25.6 Å². The van der Waals surface area contributed by atoms with E-state index in [0.717, 1.165) is 11.3 Å². The standard InChI is InChI=1S/C20H19N3O2/c1-4-25-20(24)19-16-7-5-6-12-23(16)17(13-21)18(19)14-8-10-15(11-9-14)22(2)3/h5-12H,4H2,1-3H3. The minimum atomic E-state index is -0.417. The number of ether oxygens (including phenoxy) is 1. The lowest BCUT2D eigenvalue weighted by molar-refractivity contribution is 0.0529. The molecule has 0 saturated heterocycles. The van der Waals surface area contributed by atoms with Crippen molar-refractivity contribution in [3.8, 4) is 17.2 Å². The van der Waals surface area contributed by atoms with E-state index < -0.39 is 5.97 Å². The van der Waals surface area contributed by atoms with Crippen molar-refractivity contribution in [3.05, 3.63) is 59.9 Å². The summed E-state index contributed by atoms with van der Waals surface area (Å²) in [5.41, 5.74) is 3.99. The van der Waals surface area contributed by atoms with Gasteiger partial charge in [-0.2, -0.15) is 5.26 Å². The van der Waals surface area contributed by atoms with Gasteiger partial charge in [-0.3, -0.25) is 0 Å². The van der Waals surface area contributed by atoms with E-state index in [9.17, 15) is 10.1 Å². The van der Waals surface area contributed by atoms with Crippen LogP contribution in [0.15, 0.2) is 48.7 Å². The van der Waals surface area contributed by atoms with Crippen LogP contribution in [0.4, 0.5) is 5.69 Å². The first-order valence-electron chi connectivity index (χ1n) is 8.06. The molecule has 0 aliphatic heterocycles. The highest BCUT2D eigenvalue weighted by atomic mass is 16.5. The number of hydrogen-bond donors (Lipinski definition) is 0. The molecule has 126 valence electrons. The second-order valence-corrected chi connectivity index (χ2v) is 5.83. The number of esters is 1. The fourth-order valence-electron chi connectivity index (χ4n) is 2.94. The minimum absolute atomic E-state index is 0.282. The Bertz CT molecular complexity index is 963. The van der Waals surface area contributed by atoms with Crippen LogP contribution in [0.25, 0.3) is 16.6 Å². The van der Waals surface area contributed by atoms with Gasteiger partial charge in [0.25, 0.3) is 0 Å². The Morgan fingerprint density at radius 2 is 1.92 bits per heavy atom. The number of nitrogens with zero attached hydrogens (tertiary/aromatic N) is 3. The molecule has 5 heteroatoms. The zero-order valence-corrected chi connectivity index (χ0v) is 14.5. The van der Waals surface area contributed by atoms with E-state index in [0.29, 0.717) is 22.3 Å². The summed E-state index contributed by atoms with van der Waals surface area (Å²) in [5, 5.41) is 9.71. The third kappa shape index (κ3) is 2.83. The van der Waals surface area contributed by atoms with Crippen molar-refractivity contribution in [1.29, 1.82) is 5.26 Å². The monoisotopic (exact) mass is 333 g/mol. The van der Waals surface area contributed by atoms with Gasteiger partial charge < -0.3 is 14.0 Å². The fourth-order valence-corrected chi connectivity index (χ4v) is 2.94. The molecule has 0 fully saturated rings. The lowest BCUT2D eigenvalue weighted by Gasteiger charge is -2.13. The zero-order chi connectivity index (χ0) is 18.0. The van der Waals surface area contributed by atoms with E-state index in [1.54, 1.807) is 17.5 Å². The number of rotatable bonds is 4. The van der Waals surface area contributed by atoms with E-state index in [2.05, 4.69) is 6.07 Å². The van der Waals surface area contributed by atoms with Gasteiger partial charge in [0, 0.05) is 31.5 Å². The van der Waals surface area contributed by atoms with Gasteiger partial charge in [0.2, 0.25) is 0 Å². The molecule has 0 N–H and O–H groups in total. The van der Waals surface area contributed by atoms with Gasteiger partial charge in [-0.05, 0) is 36.8 Å². The summed E-state index contributed by atoms with van der Waals surface area (Å²) >= 11 is 0. The Labute approximate surface area is 146 Å². The van der Waals surface area contributed by atoms with Gasteiger partial charge in [0.15, 0.2) is 0 Å². The topological polar surface area (TPSA) is 57.7 Å². The zero-order valence-electron chi connectivity index (χ0n) is 14.5. The highest BCUT2D eigenvalue weighted by Gasteiger charge is 2.25. The number of nitriles is 1. The van der Waals surface area contributed by atoms with Crippen LogP contribution >= 0.6 is 0 Å². The number of benzene rings is 1. The maximum Gasteiger partial charge on any atom is 0.341 e. The normalized spacial score (nSPS) is 10.5. The summed E-state index contributed by atoms with van der Waals surface area (Å²) in [7, 11) is 3.93. The van der Waals surface area contributed by atoms with Gasteiger partial charge in [-0.1, -0.05) is 18.2 Å². The summed E-state index contributed by atoms with van der Waals surface area (Å²) in [5.74, 6) is -0.417. The molecular weight excluding hydrogens is 314 g/mol. The molecule has 5 nitrogen and oxygen atoms in total. The fraction of sp³-hybridized carbons (Fsp3) is 0.200. The average molecular weight is 333 g/mol.